The third-order valence-electron chi connectivity index (χ3n) is 29.3. The molecule has 14 spiro atoms. The molecule has 0 saturated heterocycles. The van der Waals surface area contributed by atoms with Crippen molar-refractivity contribution in [2.75, 3.05) is 0 Å². The molecule has 164 valence electrons. The monoisotopic (exact) mass is 444 g/mol. The van der Waals surface area contributed by atoms with Crippen molar-refractivity contribution in [1.29, 1.82) is 0 Å². The largest absolute Gasteiger partial charge is 0.0458 e. The Kier molecular flexibility index (Phi) is 0.631. The minimum atomic E-state index is 1.07. The highest BCUT2D eigenvalue weighted by molar-refractivity contribution is 5.99. The molecule has 24 rings (SSSR count). The maximum atomic E-state index is 1.91. The molecule has 31 unspecified atom stereocenters. The number of rotatable bonds is 0. The van der Waals surface area contributed by atoms with Crippen LogP contribution in [0.1, 0.15) is 25.7 Å². The van der Waals surface area contributed by atoms with Crippen molar-refractivity contribution < 1.29 is 0 Å². The van der Waals surface area contributed by atoms with E-state index in [1.165, 1.54) is 94.7 Å². The quantitative estimate of drug-likeness (QED) is 0.536. The SMILES string of the molecule is C1C2C3C4C5C6C7C8CC9C%10CC%11C%12C%13C%14C%15C%16C%17%18CC%19%20C%16%17C2(C1%18)C3%19C41C%15%20C%142C%133C%124C%10%11C98C74C63C512. The van der Waals surface area contributed by atoms with E-state index in [0.29, 0.717) is 0 Å². The van der Waals surface area contributed by atoms with Gasteiger partial charge in [0.1, 0.15) is 0 Å². The van der Waals surface area contributed by atoms with Gasteiger partial charge in [0.25, 0.3) is 0 Å². The molecule has 0 N–H and O–H groups in total. The minimum Gasteiger partial charge on any atom is -0.0458 e. The minimum absolute atomic E-state index is 1.07. The van der Waals surface area contributed by atoms with Gasteiger partial charge in [-0.3, -0.25) is 0 Å². The van der Waals surface area contributed by atoms with Crippen LogP contribution in [0.2, 0.25) is 0 Å². The maximum absolute atomic E-state index is 1.91. The van der Waals surface area contributed by atoms with Gasteiger partial charge < -0.3 is 0 Å². The average Bonchev–Trinajstić information content (AvgIpc) is 3.13. The lowest BCUT2D eigenvalue weighted by atomic mass is 8.52. The Balaban J connectivity index is 0.998. The first-order valence-electron chi connectivity index (χ1n) is 17.4. The summed E-state index contributed by atoms with van der Waals surface area (Å²) in [5.74, 6) is 22.1. The third-order valence-corrected chi connectivity index (χ3v) is 29.3. The molecule has 0 aliphatic heterocycles. The zero-order valence-corrected chi connectivity index (χ0v) is 19.6. The van der Waals surface area contributed by atoms with Crippen molar-refractivity contribution in [3.05, 3.63) is 0 Å². The Morgan fingerprint density at radius 1 is 0.371 bits per heavy atom. The van der Waals surface area contributed by atoms with Gasteiger partial charge in [-0.05, 0) is 202 Å². The predicted molar refractivity (Wildman–Crippen MR) is 111 cm³/mol. The van der Waals surface area contributed by atoms with Gasteiger partial charge in [-0.1, -0.05) is 0 Å². The first-order chi connectivity index (χ1) is 17.4. The zero-order valence-electron chi connectivity index (χ0n) is 19.6. The summed E-state index contributed by atoms with van der Waals surface area (Å²) in [6.45, 7) is 0. The highest BCUT2D eigenvalue weighted by atomic mass is 15.6. The van der Waals surface area contributed by atoms with Crippen molar-refractivity contribution in [3.8, 4) is 0 Å². The fraction of sp³-hybridized carbons (Fsp3) is 1.00. The first kappa shape index (κ1) is 12.0. The van der Waals surface area contributed by atoms with Crippen LogP contribution in [0.3, 0.4) is 0 Å². The van der Waals surface area contributed by atoms with Crippen LogP contribution in [0.15, 0.2) is 0 Å². The second kappa shape index (κ2) is 1.84. The molecule has 0 bridgehead atoms. The molecule has 35 heavy (non-hydrogen) atoms. The van der Waals surface area contributed by atoms with Crippen molar-refractivity contribution in [3.63, 3.8) is 0 Å². The average molecular weight is 445 g/mol. The molecule has 24 fully saturated rings. The third kappa shape index (κ3) is 0.281. The molecule has 24 saturated carbocycles. The molecule has 0 heteroatoms. The second-order valence-corrected chi connectivity index (χ2v) is 22.3. The van der Waals surface area contributed by atoms with E-state index < -0.39 is 0 Å². The van der Waals surface area contributed by atoms with Gasteiger partial charge in [-0.2, -0.15) is 0 Å². The normalized spacial score (nSPS) is 134. The van der Waals surface area contributed by atoms with E-state index in [1.54, 1.807) is 12.8 Å². The Morgan fingerprint density at radius 2 is 0.914 bits per heavy atom. The van der Waals surface area contributed by atoms with Crippen molar-refractivity contribution >= 4 is 0 Å². The van der Waals surface area contributed by atoms with Gasteiger partial charge in [-0.15, -0.1) is 0 Å². The Labute approximate surface area is 201 Å². The van der Waals surface area contributed by atoms with Gasteiger partial charge >= 0.3 is 0 Å². The van der Waals surface area contributed by atoms with Crippen LogP contribution in [0.4, 0.5) is 0 Å². The molecule has 24 aliphatic carbocycles. The van der Waals surface area contributed by atoms with Crippen LogP contribution < -0.4 is 0 Å². The summed E-state index contributed by atoms with van der Waals surface area (Å²) < 4.78 is 0. The molecule has 0 heterocycles. The summed E-state index contributed by atoms with van der Waals surface area (Å²) in [6.07, 6.45) is 7.31. The Morgan fingerprint density at radius 3 is 1.66 bits per heavy atom. The molecule has 0 nitrogen and oxygen atoms in total. The van der Waals surface area contributed by atoms with Gasteiger partial charge in [0, 0.05) is 0 Å². The fourth-order valence-corrected chi connectivity index (χ4v) is 36.3. The first-order valence-corrected chi connectivity index (χ1v) is 17.4. The van der Waals surface area contributed by atoms with E-state index in [4.69, 9.17) is 0 Å². The van der Waals surface area contributed by atoms with E-state index in [2.05, 4.69) is 0 Å². The molecule has 0 aromatic rings. The molecule has 0 radical (unpaired) electrons. The van der Waals surface area contributed by atoms with Crippen molar-refractivity contribution in [1.82, 2.24) is 0 Å². The van der Waals surface area contributed by atoms with E-state index in [0.717, 1.165) is 81.2 Å². The van der Waals surface area contributed by atoms with Crippen LogP contribution in [-0.4, -0.2) is 0 Å². The molecule has 0 amide bonds. The topological polar surface area (TPSA) is 0 Å². The Hall–Kier alpha value is 0. The highest BCUT2D eigenvalue weighted by Gasteiger charge is 3.55. The number of hydrogen-bond acceptors (Lipinski definition) is 0. The molecule has 24 aliphatic rings. The van der Waals surface area contributed by atoms with E-state index in [1.807, 2.05) is 12.8 Å². The fourth-order valence-electron chi connectivity index (χ4n) is 36.3. The smallest absolute Gasteiger partial charge is 0.00502 e. The zero-order chi connectivity index (χ0) is 19.6. The van der Waals surface area contributed by atoms with Crippen LogP contribution >= 0.6 is 0 Å². The van der Waals surface area contributed by atoms with Crippen molar-refractivity contribution in [2.45, 2.75) is 25.7 Å². The summed E-state index contributed by atoms with van der Waals surface area (Å²) in [4.78, 5) is 0. The van der Waals surface area contributed by atoms with E-state index in [-0.39, 0.29) is 0 Å². The van der Waals surface area contributed by atoms with E-state index in [9.17, 15) is 0 Å². The van der Waals surface area contributed by atoms with Gasteiger partial charge in [0.05, 0.1) is 0 Å². The van der Waals surface area contributed by atoms with Crippen molar-refractivity contribution in [2.24, 2.45) is 176 Å². The van der Waals surface area contributed by atoms with Crippen LogP contribution in [0.5, 0.6) is 0 Å². The van der Waals surface area contributed by atoms with Gasteiger partial charge in [0.15, 0.2) is 0 Å². The predicted octanol–water partition coefficient (Wildman–Crippen LogP) is 3.53. The number of hydrogen-bond donors (Lipinski definition) is 0. The molecule has 31 atom stereocenters. The summed E-state index contributed by atoms with van der Waals surface area (Å²) in [7, 11) is 0. The second-order valence-electron chi connectivity index (χ2n) is 22.3. The maximum Gasteiger partial charge on any atom is -0.00502 e. The molecule has 0 aromatic carbocycles. The lowest BCUT2D eigenvalue weighted by molar-refractivity contribution is -1.05. The molecule has 0 aromatic heterocycles. The molecular weight excluding hydrogens is 420 g/mol. The summed E-state index contributed by atoms with van der Waals surface area (Å²) in [6, 6.07) is 0. The van der Waals surface area contributed by atoms with Crippen LogP contribution in [0, 0.1) is 176 Å². The Bertz CT molecular complexity index is 2030. The lowest BCUT2D eigenvalue weighted by Crippen LogP contribution is -3.49. The lowest BCUT2D eigenvalue weighted by Gasteiger charge is -3.50. The number of fused-ring (bicyclic) bond motifs is 12. The highest BCUT2D eigenvalue weighted by Crippen LogP contribution is 3.56. The molecular formula is C35H24. The van der Waals surface area contributed by atoms with E-state index >= 15 is 0 Å². The summed E-state index contributed by atoms with van der Waals surface area (Å²) in [5, 5.41) is 0. The van der Waals surface area contributed by atoms with Crippen LogP contribution in [0.25, 0.3) is 0 Å². The van der Waals surface area contributed by atoms with Gasteiger partial charge in [-0.25, -0.2) is 0 Å². The summed E-state index contributed by atoms with van der Waals surface area (Å²) in [5.41, 5.74) is 16.7. The van der Waals surface area contributed by atoms with Gasteiger partial charge in [0.2, 0.25) is 0 Å². The summed E-state index contributed by atoms with van der Waals surface area (Å²) >= 11 is 0. The standard InChI is InChI=1S/C35H24/c1-6-5-2-8-13-16-18-19-20-21-4-22-26-11(9-3-10(21)25(9,26)35(20,21)22)14-17-15-12-7(1)24(6)23(5,8)28(13)29(12,24)33(15)32(16,28)31(18)27(19,22)30(14,26)34(17,31)33/h5-20H,1-4H2. The van der Waals surface area contributed by atoms with Crippen LogP contribution in [-0.2, 0) is 0 Å².